The highest BCUT2D eigenvalue weighted by Crippen LogP contribution is 2.55. The highest BCUT2D eigenvalue weighted by molar-refractivity contribution is 6.02. The third kappa shape index (κ3) is 4.39. The number of aromatic nitrogens is 2. The molecule has 5 aromatic carbocycles. The third-order valence-electron chi connectivity index (χ3n) is 8.36. The van der Waals surface area contributed by atoms with Crippen molar-refractivity contribution in [2.24, 2.45) is 9.98 Å². The maximum absolute atomic E-state index is 5.36. The number of fused-ring (bicyclic) bond motifs is 4. The van der Waals surface area contributed by atoms with Gasteiger partial charge in [-0.05, 0) is 60.7 Å². The molecular formula is C39H30N4. The van der Waals surface area contributed by atoms with Crippen molar-refractivity contribution in [2.45, 2.75) is 19.3 Å². The molecule has 206 valence electrons. The zero-order chi connectivity index (χ0) is 29.4. The molecule has 0 saturated carbocycles. The number of hydrogen-bond donors (Lipinski definition) is 0. The van der Waals surface area contributed by atoms with Gasteiger partial charge in [0.15, 0.2) is 11.7 Å². The lowest BCUT2D eigenvalue weighted by molar-refractivity contribution is 0.711. The number of hydrogen-bond acceptors (Lipinski definition) is 3. The Hall–Kier alpha value is -5.48. The molecule has 4 heteroatoms. The van der Waals surface area contributed by atoms with Gasteiger partial charge in [-0.2, -0.15) is 0 Å². The Bertz CT molecular complexity index is 2060. The number of aliphatic imine (C=N–C) groups is 2. The van der Waals surface area contributed by atoms with Crippen molar-refractivity contribution in [1.82, 2.24) is 9.97 Å². The summed E-state index contributed by atoms with van der Waals surface area (Å²) in [4.78, 5) is 19.3. The van der Waals surface area contributed by atoms with Crippen LogP contribution in [0.5, 0.6) is 0 Å². The van der Waals surface area contributed by atoms with Crippen LogP contribution in [0.1, 0.15) is 36.1 Å². The van der Waals surface area contributed by atoms with E-state index in [0.29, 0.717) is 11.7 Å². The molecule has 7 rings (SSSR count). The van der Waals surface area contributed by atoms with Crippen molar-refractivity contribution in [3.8, 4) is 33.9 Å². The number of amidine groups is 1. The number of nitrogens with zero attached hydrogens (tertiary/aromatic N) is 4. The van der Waals surface area contributed by atoms with Crippen LogP contribution in [-0.2, 0) is 5.41 Å². The van der Waals surface area contributed by atoms with E-state index in [1.165, 1.54) is 21.9 Å². The van der Waals surface area contributed by atoms with Gasteiger partial charge in [0.2, 0.25) is 0 Å². The van der Waals surface area contributed by atoms with Gasteiger partial charge in [-0.1, -0.05) is 109 Å². The molecular weight excluding hydrogens is 524 g/mol. The standard InChI is InChI=1S/C39H30N4/c1-4-22-41-37(40-3)29-18-13-19-30(23-29)38-42-35(26-14-7-5-8-15-26)34-36(43-38)32-24-27-16-11-12-17-28(27)25-33(32)39(34,2)31-20-9-6-10-21-31/h4-25H,3H2,1-2H3/b22-4-,41-37?. The summed E-state index contributed by atoms with van der Waals surface area (Å²) < 4.78 is 0. The second-order valence-electron chi connectivity index (χ2n) is 10.9. The van der Waals surface area contributed by atoms with E-state index in [1.807, 2.05) is 43.3 Å². The predicted octanol–water partition coefficient (Wildman–Crippen LogP) is 9.28. The lowest BCUT2D eigenvalue weighted by Gasteiger charge is -2.29. The Kier molecular flexibility index (Phi) is 6.59. The van der Waals surface area contributed by atoms with E-state index in [9.17, 15) is 0 Å². The highest BCUT2D eigenvalue weighted by atomic mass is 14.9. The van der Waals surface area contributed by atoms with Crippen LogP contribution in [0.25, 0.3) is 44.7 Å². The van der Waals surface area contributed by atoms with E-state index in [1.54, 1.807) is 6.20 Å². The maximum atomic E-state index is 5.36. The van der Waals surface area contributed by atoms with Crippen LogP contribution in [0.4, 0.5) is 0 Å². The molecule has 1 aromatic heterocycles. The molecule has 0 saturated heterocycles. The van der Waals surface area contributed by atoms with E-state index in [0.717, 1.165) is 39.2 Å². The largest absolute Gasteiger partial charge is 0.245 e. The Morgan fingerprint density at radius 1 is 0.721 bits per heavy atom. The number of allylic oxidation sites excluding steroid dienone is 1. The zero-order valence-corrected chi connectivity index (χ0v) is 24.2. The van der Waals surface area contributed by atoms with Gasteiger partial charge in [0, 0.05) is 39.4 Å². The molecule has 0 amide bonds. The quantitative estimate of drug-likeness (QED) is 0.157. The Morgan fingerprint density at radius 2 is 1.37 bits per heavy atom. The van der Waals surface area contributed by atoms with Crippen molar-refractivity contribution < 1.29 is 0 Å². The van der Waals surface area contributed by atoms with Gasteiger partial charge >= 0.3 is 0 Å². The van der Waals surface area contributed by atoms with E-state index in [-0.39, 0.29) is 0 Å². The average molecular weight is 555 g/mol. The molecule has 1 aliphatic carbocycles. The van der Waals surface area contributed by atoms with Gasteiger partial charge in [-0.15, -0.1) is 0 Å². The SMILES string of the molecule is C=NC(=N/C=C\C)c1cccc(-c2nc(-c3ccccc3)c3c(n2)-c2cc4ccccc4cc2C3(C)c2ccccc2)c1. The molecule has 1 unspecified atom stereocenters. The molecule has 0 N–H and O–H groups in total. The molecule has 0 bridgehead atoms. The second-order valence-corrected chi connectivity index (χ2v) is 10.9. The van der Waals surface area contributed by atoms with E-state index >= 15 is 0 Å². The first-order valence-corrected chi connectivity index (χ1v) is 14.5. The summed E-state index contributed by atoms with van der Waals surface area (Å²) in [5.41, 5.74) is 8.96. The van der Waals surface area contributed by atoms with Crippen molar-refractivity contribution >= 4 is 23.3 Å². The monoisotopic (exact) mass is 554 g/mol. The Labute approximate surface area is 251 Å². The molecule has 1 heterocycles. The smallest absolute Gasteiger partial charge is 0.160 e. The van der Waals surface area contributed by atoms with Crippen LogP contribution in [0.15, 0.2) is 144 Å². The summed E-state index contributed by atoms with van der Waals surface area (Å²) in [7, 11) is 0. The first kappa shape index (κ1) is 26.4. The lowest BCUT2D eigenvalue weighted by atomic mass is 9.73. The summed E-state index contributed by atoms with van der Waals surface area (Å²) in [6.45, 7) is 7.98. The lowest BCUT2D eigenvalue weighted by Crippen LogP contribution is -2.24. The molecule has 0 fully saturated rings. The summed E-state index contributed by atoms with van der Waals surface area (Å²) in [5, 5.41) is 2.40. The molecule has 4 nitrogen and oxygen atoms in total. The number of benzene rings is 5. The minimum atomic E-state index is -0.458. The summed E-state index contributed by atoms with van der Waals surface area (Å²) in [6, 6.07) is 42.4. The Balaban J connectivity index is 1.56. The van der Waals surface area contributed by atoms with Crippen LogP contribution >= 0.6 is 0 Å². The molecule has 1 aliphatic rings. The normalized spacial score (nSPS) is 15.9. The first-order chi connectivity index (χ1) is 21.1. The van der Waals surface area contributed by atoms with Crippen molar-refractivity contribution in [2.75, 3.05) is 0 Å². The minimum Gasteiger partial charge on any atom is -0.245 e. The van der Waals surface area contributed by atoms with Gasteiger partial charge < -0.3 is 0 Å². The van der Waals surface area contributed by atoms with Gasteiger partial charge in [-0.3, -0.25) is 0 Å². The van der Waals surface area contributed by atoms with Crippen LogP contribution < -0.4 is 0 Å². The summed E-state index contributed by atoms with van der Waals surface area (Å²) >= 11 is 0. The zero-order valence-electron chi connectivity index (χ0n) is 24.2. The summed E-state index contributed by atoms with van der Waals surface area (Å²) in [6.07, 6.45) is 3.59. The second kappa shape index (κ2) is 10.7. The molecule has 0 spiro atoms. The average Bonchev–Trinajstić information content (AvgIpc) is 3.32. The van der Waals surface area contributed by atoms with Gasteiger partial charge in [0.1, 0.15) is 0 Å². The van der Waals surface area contributed by atoms with Crippen molar-refractivity contribution in [3.05, 3.63) is 156 Å². The van der Waals surface area contributed by atoms with Gasteiger partial charge in [0.25, 0.3) is 0 Å². The predicted molar refractivity (Wildman–Crippen MR) is 179 cm³/mol. The fraction of sp³-hybridized carbons (Fsp3) is 0.0769. The van der Waals surface area contributed by atoms with Crippen LogP contribution in [0.3, 0.4) is 0 Å². The fourth-order valence-electron chi connectivity index (χ4n) is 6.27. The van der Waals surface area contributed by atoms with Crippen molar-refractivity contribution in [1.29, 1.82) is 0 Å². The van der Waals surface area contributed by atoms with Crippen LogP contribution in [-0.4, -0.2) is 22.5 Å². The van der Waals surface area contributed by atoms with Crippen LogP contribution in [0, 0.1) is 0 Å². The Morgan fingerprint density at radius 3 is 2.09 bits per heavy atom. The highest BCUT2D eigenvalue weighted by Gasteiger charge is 2.45. The topological polar surface area (TPSA) is 50.5 Å². The number of rotatable bonds is 5. The maximum Gasteiger partial charge on any atom is 0.160 e. The van der Waals surface area contributed by atoms with Crippen LogP contribution in [0.2, 0.25) is 0 Å². The summed E-state index contributed by atoms with van der Waals surface area (Å²) in [5.74, 6) is 1.21. The molecule has 43 heavy (non-hydrogen) atoms. The third-order valence-corrected chi connectivity index (χ3v) is 8.36. The van der Waals surface area contributed by atoms with E-state index < -0.39 is 5.41 Å². The van der Waals surface area contributed by atoms with Crippen molar-refractivity contribution in [3.63, 3.8) is 0 Å². The fourth-order valence-corrected chi connectivity index (χ4v) is 6.27. The molecule has 1 atom stereocenters. The first-order valence-electron chi connectivity index (χ1n) is 14.5. The van der Waals surface area contributed by atoms with E-state index in [2.05, 4.69) is 115 Å². The van der Waals surface area contributed by atoms with Gasteiger partial charge in [-0.25, -0.2) is 20.0 Å². The molecule has 0 aliphatic heterocycles. The minimum absolute atomic E-state index is 0.458. The van der Waals surface area contributed by atoms with Gasteiger partial charge in [0.05, 0.1) is 11.4 Å². The van der Waals surface area contributed by atoms with E-state index in [4.69, 9.17) is 9.97 Å². The molecule has 6 aromatic rings. The molecule has 0 radical (unpaired) electrons.